The van der Waals surface area contributed by atoms with Crippen LogP contribution in [0.25, 0.3) is 21.8 Å². The van der Waals surface area contributed by atoms with Crippen LogP contribution in [0.15, 0.2) is 78.9 Å². The van der Waals surface area contributed by atoms with Crippen molar-refractivity contribution in [2.75, 3.05) is 7.05 Å². The molecule has 0 amide bonds. The first-order valence-electron chi connectivity index (χ1n) is 11.1. The van der Waals surface area contributed by atoms with Gasteiger partial charge in [0.25, 0.3) is 0 Å². The average molecular weight is 626 g/mol. The van der Waals surface area contributed by atoms with Crippen molar-refractivity contribution < 1.29 is 9.32 Å². The van der Waals surface area contributed by atoms with Gasteiger partial charge in [-0.1, -0.05) is 43.5 Å². The van der Waals surface area contributed by atoms with Crippen molar-refractivity contribution in [1.29, 1.82) is 0 Å². The van der Waals surface area contributed by atoms with E-state index in [-0.39, 0.29) is 12.1 Å². The molecule has 1 aliphatic rings. The van der Waals surface area contributed by atoms with Crippen LogP contribution in [0, 0.1) is 0 Å². The maximum atomic E-state index is 13.7. The number of nitrogens with zero attached hydrogens (tertiary/aromatic N) is 2. The monoisotopic (exact) mass is 623 g/mol. The summed E-state index contributed by atoms with van der Waals surface area (Å²) >= 11 is 13.2. The Hall–Kier alpha value is -1.42. The minimum absolute atomic E-state index is 0.167. The number of rotatable bonds is 4. The summed E-state index contributed by atoms with van der Waals surface area (Å²) in [4.78, 5) is 0.556. The maximum Gasteiger partial charge on any atom is 0.137 e. The maximum absolute atomic E-state index is 13.7. The minimum atomic E-state index is -2.91. The molecule has 4 aromatic rings. The summed E-state index contributed by atoms with van der Waals surface area (Å²) in [6.45, 7) is 0. The van der Waals surface area contributed by atoms with Crippen molar-refractivity contribution in [3.63, 3.8) is 0 Å². The van der Waals surface area contributed by atoms with Gasteiger partial charge in [-0.05, 0) is 79.9 Å². The van der Waals surface area contributed by atoms with E-state index in [1.807, 2.05) is 12.1 Å². The summed E-state index contributed by atoms with van der Waals surface area (Å²) in [5.41, 5.74) is 2.14. The molecular formula is C25H24Br2ClN3O2S. The van der Waals surface area contributed by atoms with Gasteiger partial charge in [0.15, 0.2) is 0 Å². The van der Waals surface area contributed by atoms with Gasteiger partial charge in [0.1, 0.15) is 9.92 Å². The summed E-state index contributed by atoms with van der Waals surface area (Å²) in [5, 5.41) is 14.4. The number of aliphatic hydroxyl groups is 1. The standard InChI is InChI=1S/C25H24Br2ClN3O2S/c1-29-34(33,18-9-7-17(28)8-10-18)30-21-3-2-4-24(25(21)32)31-22-11-5-15(26)13-19(22)20-14-16(27)6-12-23(20)31/h5-14,21,24-25,32H,2-4H2,1H3,(H,29,30,33). The highest BCUT2D eigenvalue weighted by Crippen LogP contribution is 2.40. The molecule has 1 saturated carbocycles. The minimum Gasteiger partial charge on any atom is -0.389 e. The van der Waals surface area contributed by atoms with Crippen LogP contribution in [0.3, 0.4) is 0 Å². The summed E-state index contributed by atoms with van der Waals surface area (Å²) in [6, 6.07) is 18.8. The molecule has 2 N–H and O–H groups in total. The van der Waals surface area contributed by atoms with E-state index in [2.05, 4.69) is 69.8 Å². The molecule has 3 aromatic carbocycles. The number of halogens is 3. The Balaban J connectivity index is 1.56. The van der Waals surface area contributed by atoms with Gasteiger partial charge >= 0.3 is 0 Å². The van der Waals surface area contributed by atoms with Crippen molar-refractivity contribution in [1.82, 2.24) is 9.29 Å². The van der Waals surface area contributed by atoms with Gasteiger partial charge in [-0.15, -0.1) is 0 Å². The van der Waals surface area contributed by atoms with Crippen LogP contribution in [0.2, 0.25) is 5.02 Å². The summed E-state index contributed by atoms with van der Waals surface area (Å²) in [5.74, 6) is 0. The topological polar surface area (TPSA) is 66.6 Å². The largest absolute Gasteiger partial charge is 0.389 e. The highest BCUT2D eigenvalue weighted by atomic mass is 79.9. The van der Waals surface area contributed by atoms with E-state index in [9.17, 15) is 9.32 Å². The first kappa shape index (κ1) is 24.3. The van der Waals surface area contributed by atoms with Gasteiger partial charge in [-0.25, -0.2) is 13.3 Å². The molecule has 0 bridgehead atoms. The second kappa shape index (κ2) is 9.56. The second-order valence-electron chi connectivity index (χ2n) is 8.57. The zero-order valence-electron chi connectivity index (χ0n) is 18.4. The fourth-order valence-corrected chi connectivity index (χ4v) is 7.45. The molecule has 1 heterocycles. The molecule has 9 heteroatoms. The normalized spacial score (nSPS) is 22.7. The number of hydrogen-bond acceptors (Lipinski definition) is 3. The van der Waals surface area contributed by atoms with Gasteiger partial charge in [0.2, 0.25) is 0 Å². The number of aromatic nitrogens is 1. The van der Waals surface area contributed by atoms with Crippen molar-refractivity contribution in [2.24, 2.45) is 4.36 Å². The molecule has 178 valence electrons. The molecule has 0 aliphatic heterocycles. The molecule has 4 unspecified atom stereocenters. The summed E-state index contributed by atoms with van der Waals surface area (Å²) < 4.78 is 25.4. The Morgan fingerprint density at radius 3 is 2.15 bits per heavy atom. The predicted octanol–water partition coefficient (Wildman–Crippen LogP) is 7.09. The molecule has 0 spiro atoms. The lowest BCUT2D eigenvalue weighted by Gasteiger charge is -2.37. The number of fused-ring (bicyclic) bond motifs is 3. The van der Waals surface area contributed by atoms with Crippen LogP contribution in [0.1, 0.15) is 25.3 Å². The molecule has 1 fully saturated rings. The quantitative estimate of drug-likeness (QED) is 0.254. The van der Waals surface area contributed by atoms with Crippen LogP contribution in [0.5, 0.6) is 0 Å². The molecule has 1 aromatic heterocycles. The van der Waals surface area contributed by atoms with Crippen LogP contribution < -0.4 is 4.72 Å². The smallest absolute Gasteiger partial charge is 0.137 e. The zero-order valence-corrected chi connectivity index (χ0v) is 23.2. The van der Waals surface area contributed by atoms with Crippen molar-refractivity contribution in [2.45, 2.75) is 42.3 Å². The molecule has 5 rings (SSSR count). The number of aliphatic hydroxyl groups excluding tert-OH is 1. The van der Waals surface area contributed by atoms with Crippen molar-refractivity contribution >= 4 is 75.2 Å². The molecule has 5 nitrogen and oxygen atoms in total. The van der Waals surface area contributed by atoms with Crippen LogP contribution in [-0.4, -0.2) is 33.1 Å². The molecule has 1 aliphatic carbocycles. The van der Waals surface area contributed by atoms with Crippen LogP contribution >= 0.6 is 43.5 Å². The van der Waals surface area contributed by atoms with E-state index in [0.29, 0.717) is 16.3 Å². The van der Waals surface area contributed by atoms with E-state index in [4.69, 9.17) is 11.6 Å². The predicted molar refractivity (Wildman–Crippen MR) is 147 cm³/mol. The first-order chi connectivity index (χ1) is 16.3. The van der Waals surface area contributed by atoms with Gasteiger partial charge in [-0.2, -0.15) is 0 Å². The number of benzene rings is 3. The molecule has 0 radical (unpaired) electrons. The van der Waals surface area contributed by atoms with Gasteiger partial charge in [0, 0.05) is 48.9 Å². The summed E-state index contributed by atoms with van der Waals surface area (Å²) in [6.07, 6.45) is 1.70. The molecular weight excluding hydrogens is 602 g/mol. The Morgan fingerprint density at radius 2 is 1.59 bits per heavy atom. The van der Waals surface area contributed by atoms with E-state index in [1.54, 1.807) is 31.3 Å². The van der Waals surface area contributed by atoms with E-state index < -0.39 is 16.0 Å². The first-order valence-corrected chi connectivity index (χ1v) is 14.5. The highest BCUT2D eigenvalue weighted by molar-refractivity contribution is 9.10. The fraction of sp³-hybridized carbons (Fsp3) is 0.280. The van der Waals surface area contributed by atoms with Gasteiger partial charge in [0.05, 0.1) is 17.0 Å². The van der Waals surface area contributed by atoms with Crippen LogP contribution in [0.4, 0.5) is 0 Å². The summed E-state index contributed by atoms with van der Waals surface area (Å²) in [7, 11) is -1.37. The lowest BCUT2D eigenvalue weighted by Crippen LogP contribution is -2.49. The van der Waals surface area contributed by atoms with E-state index in [1.165, 1.54) is 0 Å². The van der Waals surface area contributed by atoms with E-state index in [0.717, 1.165) is 43.6 Å². The third kappa shape index (κ3) is 4.33. The van der Waals surface area contributed by atoms with Crippen molar-refractivity contribution in [3.05, 3.63) is 74.6 Å². The lowest BCUT2D eigenvalue weighted by molar-refractivity contribution is 0.0550. The lowest BCUT2D eigenvalue weighted by atomic mass is 9.88. The molecule has 34 heavy (non-hydrogen) atoms. The zero-order chi connectivity index (χ0) is 24.0. The molecule has 0 saturated heterocycles. The van der Waals surface area contributed by atoms with Gasteiger partial charge in [-0.3, -0.25) is 0 Å². The number of hydrogen-bond donors (Lipinski definition) is 2. The van der Waals surface area contributed by atoms with Gasteiger partial charge < -0.3 is 9.67 Å². The Bertz CT molecular complexity index is 1440. The third-order valence-electron chi connectivity index (χ3n) is 6.58. The average Bonchev–Trinajstić information content (AvgIpc) is 3.13. The Kier molecular flexibility index (Phi) is 6.83. The Morgan fingerprint density at radius 1 is 1.00 bits per heavy atom. The number of nitrogens with one attached hydrogen (secondary N) is 1. The molecule has 4 atom stereocenters. The SMILES string of the molecule is CN=S(=O)(NC1CCCC(n2c3ccc(Br)cc3c3cc(Br)ccc32)C1O)c1ccc(Cl)cc1. The van der Waals surface area contributed by atoms with Crippen LogP contribution in [-0.2, 0) is 9.92 Å². The Labute approximate surface area is 221 Å². The second-order valence-corrected chi connectivity index (χ2v) is 13.0. The fourth-order valence-electron chi connectivity index (χ4n) is 4.97. The van der Waals surface area contributed by atoms with Crippen molar-refractivity contribution in [3.8, 4) is 0 Å². The van der Waals surface area contributed by atoms with E-state index >= 15 is 0 Å². The third-order valence-corrected chi connectivity index (χ3v) is 9.87. The highest BCUT2D eigenvalue weighted by Gasteiger charge is 2.36.